The number of hydrogen-bond donors (Lipinski definition) is 2. The number of aliphatic imine (C=N–C) groups is 1. The fourth-order valence-electron chi connectivity index (χ4n) is 2.31. The zero-order valence-corrected chi connectivity index (χ0v) is 12.1. The van der Waals surface area contributed by atoms with E-state index in [0.29, 0.717) is 12.6 Å². The second kappa shape index (κ2) is 6.54. The Kier molecular flexibility index (Phi) is 4.76. The number of nitrogens with zero attached hydrogens (tertiary/aromatic N) is 4. The van der Waals surface area contributed by atoms with Gasteiger partial charge in [-0.05, 0) is 26.7 Å². The molecule has 1 aliphatic heterocycles. The average Bonchev–Trinajstić information content (AvgIpc) is 2.61. The normalized spacial score (nSPS) is 16.1. The van der Waals surface area contributed by atoms with Gasteiger partial charge in [0.25, 0.3) is 0 Å². The molecule has 1 aromatic rings. The van der Waals surface area contributed by atoms with E-state index in [-0.39, 0.29) is 0 Å². The van der Waals surface area contributed by atoms with Crippen molar-refractivity contribution >= 4 is 5.96 Å². The molecule has 0 radical (unpaired) electrons. The molecule has 0 saturated heterocycles. The lowest BCUT2D eigenvalue weighted by atomic mass is 10.2. The highest BCUT2D eigenvalue weighted by molar-refractivity contribution is 5.79. The maximum absolute atomic E-state index is 4.29. The van der Waals surface area contributed by atoms with Gasteiger partial charge in [-0.3, -0.25) is 4.99 Å². The summed E-state index contributed by atoms with van der Waals surface area (Å²) in [5.41, 5.74) is 0. The van der Waals surface area contributed by atoms with Crippen LogP contribution in [0.3, 0.4) is 0 Å². The Bertz CT molecular complexity index is 434. The third-order valence-corrected chi connectivity index (χ3v) is 3.25. The number of aromatic nitrogens is 3. The van der Waals surface area contributed by atoms with Crippen LogP contribution in [0.5, 0.6) is 0 Å². The van der Waals surface area contributed by atoms with Crippen LogP contribution in [0.25, 0.3) is 0 Å². The smallest absolute Gasteiger partial charge is 0.191 e. The van der Waals surface area contributed by atoms with Crippen molar-refractivity contribution in [2.45, 2.75) is 58.7 Å². The molecule has 19 heavy (non-hydrogen) atoms. The molecule has 2 rings (SSSR count). The Hall–Kier alpha value is -1.59. The van der Waals surface area contributed by atoms with Gasteiger partial charge >= 0.3 is 0 Å². The number of guanidine groups is 1. The molecule has 0 spiro atoms. The van der Waals surface area contributed by atoms with E-state index in [4.69, 9.17) is 0 Å². The van der Waals surface area contributed by atoms with Gasteiger partial charge in [0.1, 0.15) is 5.82 Å². The van der Waals surface area contributed by atoms with Gasteiger partial charge in [-0.15, -0.1) is 10.2 Å². The summed E-state index contributed by atoms with van der Waals surface area (Å²) >= 11 is 0. The Morgan fingerprint density at radius 3 is 2.89 bits per heavy atom. The van der Waals surface area contributed by atoms with Crippen LogP contribution in [0, 0.1) is 0 Å². The van der Waals surface area contributed by atoms with Crippen molar-refractivity contribution in [2.75, 3.05) is 7.05 Å². The van der Waals surface area contributed by atoms with Crippen molar-refractivity contribution in [2.24, 2.45) is 4.99 Å². The van der Waals surface area contributed by atoms with E-state index in [1.165, 1.54) is 19.3 Å². The van der Waals surface area contributed by atoms with Crippen LogP contribution in [0.15, 0.2) is 4.99 Å². The van der Waals surface area contributed by atoms with Crippen LogP contribution in [0.2, 0.25) is 0 Å². The Labute approximate surface area is 114 Å². The Morgan fingerprint density at radius 2 is 2.16 bits per heavy atom. The zero-order valence-electron chi connectivity index (χ0n) is 12.1. The Balaban J connectivity index is 1.98. The SMILES string of the molecule is CN=C(NCc1nnc2n1CCCCC2)NC(C)C. The van der Waals surface area contributed by atoms with E-state index in [1.54, 1.807) is 7.05 Å². The number of rotatable bonds is 3. The lowest BCUT2D eigenvalue weighted by Crippen LogP contribution is -2.41. The van der Waals surface area contributed by atoms with E-state index in [2.05, 4.69) is 44.2 Å². The van der Waals surface area contributed by atoms with Crippen molar-refractivity contribution in [3.63, 3.8) is 0 Å². The number of hydrogen-bond acceptors (Lipinski definition) is 3. The number of nitrogens with one attached hydrogen (secondary N) is 2. The van der Waals surface area contributed by atoms with E-state index < -0.39 is 0 Å². The van der Waals surface area contributed by atoms with Gasteiger partial charge in [0.05, 0.1) is 6.54 Å². The second-order valence-corrected chi connectivity index (χ2v) is 5.22. The third kappa shape index (κ3) is 3.68. The highest BCUT2D eigenvalue weighted by Gasteiger charge is 2.14. The summed E-state index contributed by atoms with van der Waals surface area (Å²) in [6.45, 7) is 5.89. The van der Waals surface area contributed by atoms with Gasteiger partial charge in [0, 0.05) is 26.1 Å². The standard InChI is InChI=1S/C13H24N6/c1-10(2)16-13(14-3)15-9-12-18-17-11-7-5-4-6-8-19(11)12/h10H,4-9H2,1-3H3,(H2,14,15,16). The molecule has 0 bridgehead atoms. The molecule has 2 N–H and O–H groups in total. The fraction of sp³-hybridized carbons (Fsp3) is 0.769. The maximum Gasteiger partial charge on any atom is 0.191 e. The van der Waals surface area contributed by atoms with Crippen LogP contribution in [-0.2, 0) is 19.5 Å². The fourth-order valence-corrected chi connectivity index (χ4v) is 2.31. The largest absolute Gasteiger partial charge is 0.354 e. The van der Waals surface area contributed by atoms with Gasteiger partial charge in [-0.1, -0.05) is 6.42 Å². The highest BCUT2D eigenvalue weighted by atomic mass is 15.3. The number of aryl methyl sites for hydroxylation is 1. The molecule has 1 aromatic heterocycles. The predicted octanol–water partition coefficient (Wildman–Crippen LogP) is 1.08. The summed E-state index contributed by atoms with van der Waals surface area (Å²) in [5.74, 6) is 2.94. The molecule has 0 saturated carbocycles. The summed E-state index contributed by atoms with van der Waals surface area (Å²) in [6.07, 6.45) is 4.78. The molecule has 1 aliphatic rings. The monoisotopic (exact) mass is 264 g/mol. The van der Waals surface area contributed by atoms with E-state index in [1.807, 2.05) is 0 Å². The molecule has 0 unspecified atom stereocenters. The van der Waals surface area contributed by atoms with Crippen molar-refractivity contribution in [1.29, 1.82) is 0 Å². The molecule has 0 fully saturated rings. The summed E-state index contributed by atoms with van der Waals surface area (Å²) < 4.78 is 2.25. The second-order valence-electron chi connectivity index (χ2n) is 5.22. The van der Waals surface area contributed by atoms with Crippen LogP contribution in [0.4, 0.5) is 0 Å². The van der Waals surface area contributed by atoms with E-state index >= 15 is 0 Å². The molecular formula is C13H24N6. The van der Waals surface area contributed by atoms with Crippen LogP contribution < -0.4 is 10.6 Å². The first-order valence-electron chi connectivity index (χ1n) is 7.09. The van der Waals surface area contributed by atoms with Crippen LogP contribution in [-0.4, -0.2) is 33.8 Å². The predicted molar refractivity (Wildman–Crippen MR) is 76.0 cm³/mol. The summed E-state index contributed by atoms with van der Waals surface area (Å²) in [4.78, 5) is 4.20. The minimum absolute atomic E-state index is 0.363. The first-order valence-corrected chi connectivity index (χ1v) is 7.09. The molecule has 6 heteroatoms. The third-order valence-electron chi connectivity index (χ3n) is 3.25. The maximum atomic E-state index is 4.29. The first-order chi connectivity index (χ1) is 9.20. The molecule has 106 valence electrons. The molecule has 0 aliphatic carbocycles. The van der Waals surface area contributed by atoms with Gasteiger partial charge < -0.3 is 15.2 Å². The minimum Gasteiger partial charge on any atom is -0.354 e. The molecule has 2 heterocycles. The first kappa shape index (κ1) is 13.8. The average molecular weight is 264 g/mol. The lowest BCUT2D eigenvalue weighted by molar-refractivity contribution is 0.594. The molecule has 0 amide bonds. The molecular weight excluding hydrogens is 240 g/mol. The molecule has 0 atom stereocenters. The van der Waals surface area contributed by atoms with E-state index in [0.717, 1.165) is 30.6 Å². The van der Waals surface area contributed by atoms with Crippen molar-refractivity contribution in [3.8, 4) is 0 Å². The molecule has 0 aromatic carbocycles. The highest BCUT2D eigenvalue weighted by Crippen LogP contribution is 2.14. The van der Waals surface area contributed by atoms with Crippen molar-refractivity contribution < 1.29 is 0 Å². The van der Waals surface area contributed by atoms with Crippen molar-refractivity contribution in [1.82, 2.24) is 25.4 Å². The summed E-state index contributed by atoms with van der Waals surface area (Å²) in [6, 6.07) is 0.363. The minimum atomic E-state index is 0.363. The topological polar surface area (TPSA) is 67.1 Å². The lowest BCUT2D eigenvalue weighted by Gasteiger charge is -2.14. The van der Waals surface area contributed by atoms with Gasteiger partial charge in [-0.2, -0.15) is 0 Å². The van der Waals surface area contributed by atoms with Crippen LogP contribution in [0.1, 0.15) is 44.8 Å². The quantitative estimate of drug-likeness (QED) is 0.633. The van der Waals surface area contributed by atoms with Gasteiger partial charge in [-0.25, -0.2) is 0 Å². The number of fused-ring (bicyclic) bond motifs is 1. The van der Waals surface area contributed by atoms with Crippen molar-refractivity contribution in [3.05, 3.63) is 11.6 Å². The zero-order chi connectivity index (χ0) is 13.7. The van der Waals surface area contributed by atoms with Crippen LogP contribution >= 0.6 is 0 Å². The van der Waals surface area contributed by atoms with Gasteiger partial charge in [0.2, 0.25) is 0 Å². The summed E-state index contributed by atoms with van der Waals surface area (Å²) in [5, 5.41) is 15.1. The van der Waals surface area contributed by atoms with E-state index in [9.17, 15) is 0 Å². The molecule has 6 nitrogen and oxygen atoms in total. The summed E-state index contributed by atoms with van der Waals surface area (Å²) in [7, 11) is 1.78. The Morgan fingerprint density at radius 1 is 1.32 bits per heavy atom. The van der Waals surface area contributed by atoms with Gasteiger partial charge in [0.15, 0.2) is 11.8 Å².